The molecular weight excluding hydrogens is 274 g/mol. The summed E-state index contributed by atoms with van der Waals surface area (Å²) in [5.41, 5.74) is 0.615. The van der Waals surface area contributed by atoms with Gasteiger partial charge in [0.2, 0.25) is 5.88 Å². The number of aromatic nitrogens is 1. The van der Waals surface area contributed by atoms with E-state index < -0.39 is 11.6 Å². The molecule has 0 aliphatic heterocycles. The van der Waals surface area contributed by atoms with Gasteiger partial charge in [-0.1, -0.05) is 11.6 Å². The van der Waals surface area contributed by atoms with Gasteiger partial charge in [-0.3, -0.25) is 0 Å². The van der Waals surface area contributed by atoms with Gasteiger partial charge in [-0.25, -0.2) is 13.8 Å². The molecule has 1 N–H and O–H groups in total. The molecule has 1 aromatic carbocycles. The Labute approximate surface area is 114 Å². The van der Waals surface area contributed by atoms with Crippen molar-refractivity contribution in [3.05, 3.63) is 52.7 Å². The Morgan fingerprint density at radius 3 is 2.68 bits per heavy atom. The summed E-state index contributed by atoms with van der Waals surface area (Å²) in [6, 6.07) is 6.48. The van der Waals surface area contributed by atoms with Gasteiger partial charge < -0.3 is 10.1 Å². The molecule has 0 aliphatic carbocycles. The van der Waals surface area contributed by atoms with E-state index in [0.717, 1.165) is 12.1 Å². The lowest BCUT2D eigenvalue weighted by atomic mass is 10.3. The number of pyridine rings is 1. The number of rotatable bonds is 4. The molecule has 0 bridgehead atoms. The molecule has 0 saturated carbocycles. The van der Waals surface area contributed by atoms with Crippen molar-refractivity contribution in [3.8, 4) is 11.6 Å². The number of hydrogen-bond donors (Lipinski definition) is 1. The summed E-state index contributed by atoms with van der Waals surface area (Å²) >= 11 is 5.96. The van der Waals surface area contributed by atoms with Crippen LogP contribution in [0.4, 0.5) is 8.78 Å². The van der Waals surface area contributed by atoms with Crippen molar-refractivity contribution in [2.75, 3.05) is 7.05 Å². The summed E-state index contributed by atoms with van der Waals surface area (Å²) in [4.78, 5) is 4.18. The molecule has 1 heterocycles. The first kappa shape index (κ1) is 13.7. The highest BCUT2D eigenvalue weighted by Gasteiger charge is 2.07. The van der Waals surface area contributed by atoms with Gasteiger partial charge in [0.1, 0.15) is 5.75 Å². The Bertz CT molecular complexity index is 593. The molecule has 2 aromatic rings. The van der Waals surface area contributed by atoms with Gasteiger partial charge in [0.05, 0.1) is 10.7 Å². The maximum absolute atomic E-state index is 13.0. The molecule has 0 amide bonds. The van der Waals surface area contributed by atoms with Gasteiger partial charge in [-0.15, -0.1) is 0 Å². The number of benzene rings is 1. The van der Waals surface area contributed by atoms with Gasteiger partial charge in [0.25, 0.3) is 0 Å². The maximum atomic E-state index is 13.0. The zero-order valence-electron chi connectivity index (χ0n) is 10.1. The van der Waals surface area contributed by atoms with Crippen molar-refractivity contribution in [2.45, 2.75) is 6.54 Å². The molecule has 100 valence electrons. The molecule has 3 nitrogen and oxygen atoms in total. The summed E-state index contributed by atoms with van der Waals surface area (Å²) < 4.78 is 31.2. The summed E-state index contributed by atoms with van der Waals surface area (Å²) in [6.45, 7) is 0.480. The number of nitrogens with zero attached hydrogens (tertiary/aromatic N) is 1. The van der Waals surface area contributed by atoms with Crippen molar-refractivity contribution in [1.82, 2.24) is 10.3 Å². The van der Waals surface area contributed by atoms with Crippen molar-refractivity contribution < 1.29 is 13.5 Å². The summed E-state index contributed by atoms with van der Waals surface area (Å²) in [5.74, 6) is -1.46. The minimum absolute atomic E-state index is 0.170. The van der Waals surface area contributed by atoms with Crippen LogP contribution < -0.4 is 10.1 Å². The number of hydrogen-bond acceptors (Lipinski definition) is 3. The molecule has 0 spiro atoms. The van der Waals surface area contributed by atoms with Crippen molar-refractivity contribution in [2.24, 2.45) is 0 Å². The SMILES string of the molecule is CNCc1nc(Oc2ccc(F)c(F)c2)ccc1Cl. The lowest BCUT2D eigenvalue weighted by Crippen LogP contribution is -2.07. The van der Waals surface area contributed by atoms with E-state index in [4.69, 9.17) is 16.3 Å². The Balaban J connectivity index is 2.22. The van der Waals surface area contributed by atoms with Crippen LogP contribution in [0.3, 0.4) is 0 Å². The van der Waals surface area contributed by atoms with Crippen molar-refractivity contribution in [1.29, 1.82) is 0 Å². The zero-order valence-corrected chi connectivity index (χ0v) is 10.8. The van der Waals surface area contributed by atoms with Gasteiger partial charge in [-0.2, -0.15) is 0 Å². The minimum atomic E-state index is -0.970. The average Bonchev–Trinajstić information content (AvgIpc) is 2.38. The Morgan fingerprint density at radius 1 is 1.21 bits per heavy atom. The van der Waals surface area contributed by atoms with Crippen LogP contribution in [0.2, 0.25) is 5.02 Å². The molecule has 2 rings (SSSR count). The van der Waals surface area contributed by atoms with E-state index in [1.165, 1.54) is 6.07 Å². The molecule has 6 heteroatoms. The fraction of sp³-hybridized carbons (Fsp3) is 0.154. The average molecular weight is 285 g/mol. The third-order valence-electron chi connectivity index (χ3n) is 2.35. The zero-order chi connectivity index (χ0) is 13.8. The molecule has 0 aliphatic rings. The third-order valence-corrected chi connectivity index (χ3v) is 2.69. The van der Waals surface area contributed by atoms with Gasteiger partial charge in [0, 0.05) is 18.7 Å². The second kappa shape index (κ2) is 5.95. The first-order chi connectivity index (χ1) is 9.10. The van der Waals surface area contributed by atoms with Crippen LogP contribution in [0.5, 0.6) is 11.6 Å². The van der Waals surface area contributed by atoms with E-state index in [0.29, 0.717) is 17.3 Å². The van der Waals surface area contributed by atoms with Gasteiger partial charge in [0.15, 0.2) is 11.6 Å². The molecular formula is C13H11ClF2N2O. The van der Waals surface area contributed by atoms with Crippen LogP contribution in [0.15, 0.2) is 30.3 Å². The lowest BCUT2D eigenvalue weighted by Gasteiger charge is -2.08. The highest BCUT2D eigenvalue weighted by atomic mass is 35.5. The first-order valence-corrected chi connectivity index (χ1v) is 5.91. The molecule has 0 saturated heterocycles. The normalized spacial score (nSPS) is 10.5. The molecule has 0 atom stereocenters. The van der Waals surface area contributed by atoms with Crippen LogP contribution in [-0.2, 0) is 6.54 Å². The van der Waals surface area contributed by atoms with E-state index >= 15 is 0 Å². The molecule has 19 heavy (non-hydrogen) atoms. The second-order valence-electron chi connectivity index (χ2n) is 3.79. The summed E-state index contributed by atoms with van der Waals surface area (Å²) in [6.07, 6.45) is 0. The predicted octanol–water partition coefficient (Wildman–Crippen LogP) is 3.52. The largest absolute Gasteiger partial charge is 0.439 e. The van der Waals surface area contributed by atoms with Gasteiger partial charge in [-0.05, 0) is 25.2 Å². The summed E-state index contributed by atoms with van der Waals surface area (Å²) in [5, 5.41) is 3.43. The van der Waals surface area contributed by atoms with E-state index in [1.54, 1.807) is 19.2 Å². The first-order valence-electron chi connectivity index (χ1n) is 5.53. The molecule has 0 unspecified atom stereocenters. The Morgan fingerprint density at radius 2 is 2.00 bits per heavy atom. The quantitative estimate of drug-likeness (QED) is 0.933. The highest BCUT2D eigenvalue weighted by molar-refractivity contribution is 6.31. The third kappa shape index (κ3) is 3.39. The van der Waals surface area contributed by atoms with E-state index in [9.17, 15) is 8.78 Å². The van der Waals surface area contributed by atoms with Crippen molar-refractivity contribution in [3.63, 3.8) is 0 Å². The smallest absolute Gasteiger partial charge is 0.219 e. The van der Waals surface area contributed by atoms with E-state index in [1.807, 2.05) is 0 Å². The Hall–Kier alpha value is -1.72. The van der Waals surface area contributed by atoms with Crippen LogP contribution in [0.1, 0.15) is 5.69 Å². The number of halogens is 3. The van der Waals surface area contributed by atoms with Crippen LogP contribution in [0.25, 0.3) is 0 Å². The fourth-order valence-corrected chi connectivity index (χ4v) is 1.65. The summed E-state index contributed by atoms with van der Waals surface area (Å²) in [7, 11) is 1.76. The Kier molecular flexibility index (Phi) is 4.29. The molecule has 0 fully saturated rings. The maximum Gasteiger partial charge on any atom is 0.219 e. The number of ether oxygens (including phenoxy) is 1. The molecule has 1 aromatic heterocycles. The second-order valence-corrected chi connectivity index (χ2v) is 4.19. The predicted molar refractivity (Wildman–Crippen MR) is 68.4 cm³/mol. The van der Waals surface area contributed by atoms with Crippen LogP contribution in [0, 0.1) is 11.6 Å². The fourth-order valence-electron chi connectivity index (χ4n) is 1.47. The van der Waals surface area contributed by atoms with E-state index in [2.05, 4.69) is 10.3 Å². The molecule has 0 radical (unpaired) electrons. The lowest BCUT2D eigenvalue weighted by molar-refractivity contribution is 0.445. The highest BCUT2D eigenvalue weighted by Crippen LogP contribution is 2.24. The minimum Gasteiger partial charge on any atom is -0.439 e. The van der Waals surface area contributed by atoms with Crippen LogP contribution in [-0.4, -0.2) is 12.0 Å². The van der Waals surface area contributed by atoms with Gasteiger partial charge >= 0.3 is 0 Å². The van der Waals surface area contributed by atoms with Crippen molar-refractivity contribution >= 4 is 11.6 Å². The number of nitrogens with one attached hydrogen (secondary N) is 1. The topological polar surface area (TPSA) is 34.2 Å². The van der Waals surface area contributed by atoms with Crippen LogP contribution >= 0.6 is 11.6 Å². The standard InChI is InChI=1S/C13H11ClF2N2O/c1-17-7-12-9(14)3-5-13(18-12)19-8-2-4-10(15)11(16)6-8/h2-6,17H,7H2,1H3. The monoisotopic (exact) mass is 284 g/mol. The van der Waals surface area contributed by atoms with E-state index in [-0.39, 0.29) is 11.6 Å².